The lowest BCUT2D eigenvalue weighted by Gasteiger charge is -2.33. The van der Waals surface area contributed by atoms with Gasteiger partial charge in [0.05, 0.1) is 11.8 Å². The molecule has 0 unspecified atom stereocenters. The van der Waals surface area contributed by atoms with Crippen LogP contribution in [0.3, 0.4) is 0 Å². The van der Waals surface area contributed by atoms with E-state index in [0.29, 0.717) is 23.8 Å². The summed E-state index contributed by atoms with van der Waals surface area (Å²) in [6, 6.07) is 2.00. The molecule has 2 aromatic heterocycles. The van der Waals surface area contributed by atoms with Gasteiger partial charge in [-0.15, -0.1) is 10.2 Å². The van der Waals surface area contributed by atoms with E-state index in [9.17, 15) is 0 Å². The minimum absolute atomic E-state index is 0.0505. The molecule has 3 atom stereocenters. The van der Waals surface area contributed by atoms with Crippen molar-refractivity contribution in [3.63, 3.8) is 0 Å². The second-order valence-electron chi connectivity index (χ2n) is 6.27. The fraction of sp³-hybridized carbons (Fsp3) is 0.667. The molecular formula is C15H20N4O3. The molecule has 2 aromatic rings. The van der Waals surface area contributed by atoms with Gasteiger partial charge < -0.3 is 13.7 Å². The maximum Gasteiger partial charge on any atom is 0.245 e. The fourth-order valence-corrected chi connectivity index (χ4v) is 3.50. The molecule has 2 saturated heterocycles. The van der Waals surface area contributed by atoms with E-state index in [4.69, 9.17) is 13.7 Å². The average molecular weight is 304 g/mol. The lowest BCUT2D eigenvalue weighted by Crippen LogP contribution is -2.40. The number of ether oxygens (including phenoxy) is 1. The van der Waals surface area contributed by atoms with Gasteiger partial charge in [-0.25, -0.2) is 0 Å². The molecule has 7 nitrogen and oxygen atoms in total. The zero-order valence-corrected chi connectivity index (χ0v) is 12.9. The van der Waals surface area contributed by atoms with Crippen LogP contribution < -0.4 is 0 Å². The molecule has 4 heterocycles. The smallest absolute Gasteiger partial charge is 0.245 e. The van der Waals surface area contributed by atoms with Crippen molar-refractivity contribution in [3.8, 4) is 0 Å². The van der Waals surface area contributed by atoms with E-state index in [1.54, 1.807) is 6.92 Å². The summed E-state index contributed by atoms with van der Waals surface area (Å²) < 4.78 is 16.8. The lowest BCUT2D eigenvalue weighted by molar-refractivity contribution is -0.0100. The van der Waals surface area contributed by atoms with Crippen molar-refractivity contribution in [2.75, 3.05) is 13.1 Å². The van der Waals surface area contributed by atoms with Gasteiger partial charge in [-0.2, -0.15) is 0 Å². The van der Waals surface area contributed by atoms with E-state index in [2.05, 4.69) is 20.3 Å². The Balaban J connectivity index is 1.39. The summed E-state index contributed by atoms with van der Waals surface area (Å²) >= 11 is 0. The molecule has 7 heteroatoms. The molecular weight excluding hydrogens is 284 g/mol. The van der Waals surface area contributed by atoms with Crippen molar-refractivity contribution in [1.29, 1.82) is 0 Å². The van der Waals surface area contributed by atoms with Gasteiger partial charge in [0.1, 0.15) is 11.9 Å². The van der Waals surface area contributed by atoms with E-state index in [1.165, 1.54) is 0 Å². The van der Waals surface area contributed by atoms with Crippen LogP contribution >= 0.6 is 0 Å². The number of aromatic nitrogens is 3. The standard InChI is InChI=1S/C15H20N4O3/c1-9-5-12(18-22-9)8-19-4-3-13-11(7-19)6-14(21-13)15-17-16-10(2)20-15/h5,11,13-14H,3-4,6-8H2,1-2H3/t11-,13-,14+/m0/s1. The highest BCUT2D eigenvalue weighted by molar-refractivity contribution is 5.04. The SMILES string of the molecule is Cc1cc(CN2CC[C@@H]3O[C@@H](c4nnc(C)o4)C[C@H]3C2)no1. The highest BCUT2D eigenvalue weighted by Crippen LogP contribution is 2.40. The van der Waals surface area contributed by atoms with Crippen molar-refractivity contribution >= 4 is 0 Å². The van der Waals surface area contributed by atoms with E-state index in [1.807, 2.05) is 13.0 Å². The molecule has 0 spiro atoms. The molecule has 2 aliphatic heterocycles. The largest absolute Gasteiger partial charge is 0.423 e. The van der Waals surface area contributed by atoms with E-state index in [-0.39, 0.29) is 6.10 Å². The Labute approximate surface area is 128 Å². The third-order valence-corrected chi connectivity index (χ3v) is 4.48. The predicted octanol–water partition coefficient (Wildman–Crippen LogP) is 2.03. The van der Waals surface area contributed by atoms with Crippen LogP contribution in [0, 0.1) is 19.8 Å². The molecule has 0 aliphatic carbocycles. The molecule has 0 bridgehead atoms. The molecule has 2 aliphatic rings. The monoisotopic (exact) mass is 304 g/mol. The van der Waals surface area contributed by atoms with Crippen molar-refractivity contribution in [1.82, 2.24) is 20.3 Å². The predicted molar refractivity (Wildman–Crippen MR) is 75.9 cm³/mol. The molecule has 2 fully saturated rings. The van der Waals surface area contributed by atoms with Gasteiger partial charge in [0.2, 0.25) is 11.8 Å². The Kier molecular flexibility index (Phi) is 3.46. The summed E-state index contributed by atoms with van der Waals surface area (Å²) in [7, 11) is 0. The topological polar surface area (TPSA) is 77.4 Å². The first kappa shape index (κ1) is 13.9. The second kappa shape index (κ2) is 5.48. The quantitative estimate of drug-likeness (QED) is 0.858. The fourth-order valence-electron chi connectivity index (χ4n) is 3.50. The minimum Gasteiger partial charge on any atom is -0.423 e. The number of fused-ring (bicyclic) bond motifs is 1. The summed E-state index contributed by atoms with van der Waals surface area (Å²) in [5.74, 6) is 2.59. The van der Waals surface area contributed by atoms with Gasteiger partial charge in [0, 0.05) is 38.5 Å². The molecule has 0 radical (unpaired) electrons. The van der Waals surface area contributed by atoms with Crippen molar-refractivity contribution in [2.45, 2.75) is 45.4 Å². The molecule has 118 valence electrons. The van der Waals surface area contributed by atoms with Crippen molar-refractivity contribution in [2.24, 2.45) is 5.92 Å². The first-order valence-electron chi connectivity index (χ1n) is 7.77. The van der Waals surface area contributed by atoms with Gasteiger partial charge in [0.15, 0.2) is 0 Å². The molecule has 22 heavy (non-hydrogen) atoms. The second-order valence-corrected chi connectivity index (χ2v) is 6.27. The van der Waals surface area contributed by atoms with Crippen LogP contribution in [-0.2, 0) is 11.3 Å². The zero-order valence-electron chi connectivity index (χ0n) is 12.9. The van der Waals surface area contributed by atoms with Crippen LogP contribution in [0.1, 0.15) is 42.2 Å². The average Bonchev–Trinajstić information content (AvgIpc) is 3.18. The molecule has 4 rings (SSSR count). The molecule has 0 saturated carbocycles. The third-order valence-electron chi connectivity index (χ3n) is 4.48. The van der Waals surface area contributed by atoms with Crippen LogP contribution in [0.25, 0.3) is 0 Å². The first-order valence-corrected chi connectivity index (χ1v) is 7.77. The van der Waals surface area contributed by atoms with Gasteiger partial charge >= 0.3 is 0 Å². The maximum absolute atomic E-state index is 6.11. The summed E-state index contributed by atoms with van der Waals surface area (Å²) in [4.78, 5) is 2.42. The Morgan fingerprint density at radius 3 is 2.95 bits per heavy atom. The van der Waals surface area contributed by atoms with Crippen LogP contribution in [0.2, 0.25) is 0 Å². The number of piperidine rings is 1. The minimum atomic E-state index is -0.0505. The number of aryl methyl sites for hydroxylation is 2. The van der Waals surface area contributed by atoms with E-state index in [0.717, 1.165) is 43.9 Å². The van der Waals surface area contributed by atoms with Crippen molar-refractivity contribution < 1.29 is 13.7 Å². The highest BCUT2D eigenvalue weighted by Gasteiger charge is 2.41. The Bertz CT molecular complexity index is 653. The molecule has 0 amide bonds. The number of rotatable bonds is 3. The summed E-state index contributed by atoms with van der Waals surface area (Å²) in [6.07, 6.45) is 2.23. The Hall–Kier alpha value is -1.73. The lowest BCUT2D eigenvalue weighted by atomic mass is 9.93. The Morgan fingerprint density at radius 2 is 2.23 bits per heavy atom. The van der Waals surface area contributed by atoms with E-state index < -0.39 is 0 Å². The maximum atomic E-state index is 6.11. The molecule has 0 N–H and O–H groups in total. The van der Waals surface area contributed by atoms with Gasteiger partial charge in [-0.1, -0.05) is 5.16 Å². The van der Waals surface area contributed by atoms with Gasteiger partial charge in [0.25, 0.3) is 0 Å². The van der Waals surface area contributed by atoms with Gasteiger partial charge in [-0.05, 0) is 19.8 Å². The summed E-state index contributed by atoms with van der Waals surface area (Å²) in [5, 5.41) is 12.1. The van der Waals surface area contributed by atoms with Gasteiger partial charge in [-0.3, -0.25) is 4.90 Å². The van der Waals surface area contributed by atoms with Crippen LogP contribution in [0.5, 0.6) is 0 Å². The summed E-state index contributed by atoms with van der Waals surface area (Å²) in [6.45, 7) is 6.60. The van der Waals surface area contributed by atoms with Crippen LogP contribution in [0.15, 0.2) is 15.0 Å². The molecule has 0 aromatic carbocycles. The number of hydrogen-bond acceptors (Lipinski definition) is 7. The summed E-state index contributed by atoms with van der Waals surface area (Å²) in [5.41, 5.74) is 0.999. The van der Waals surface area contributed by atoms with Crippen molar-refractivity contribution in [3.05, 3.63) is 29.3 Å². The van der Waals surface area contributed by atoms with Crippen LogP contribution in [-0.4, -0.2) is 39.4 Å². The number of likely N-dealkylation sites (tertiary alicyclic amines) is 1. The number of nitrogens with zero attached hydrogens (tertiary/aromatic N) is 4. The van der Waals surface area contributed by atoms with E-state index >= 15 is 0 Å². The normalized spacial score (nSPS) is 28.9. The zero-order chi connectivity index (χ0) is 15.1. The highest BCUT2D eigenvalue weighted by atomic mass is 16.5. The Morgan fingerprint density at radius 1 is 1.32 bits per heavy atom. The first-order chi connectivity index (χ1) is 10.7. The third kappa shape index (κ3) is 2.66. The number of hydrogen-bond donors (Lipinski definition) is 0. The van der Waals surface area contributed by atoms with Crippen LogP contribution in [0.4, 0.5) is 0 Å².